The Kier molecular flexibility index (Phi) is 3.81. The van der Waals surface area contributed by atoms with E-state index in [0.29, 0.717) is 18.3 Å². The minimum atomic E-state index is -0.404. The van der Waals surface area contributed by atoms with Crippen LogP contribution in [0.4, 0.5) is 0 Å². The molecule has 2 heteroatoms. The highest BCUT2D eigenvalue weighted by Crippen LogP contribution is 2.68. The van der Waals surface area contributed by atoms with Gasteiger partial charge in [-0.05, 0) is 60.7 Å². The highest BCUT2D eigenvalue weighted by molar-refractivity contribution is 5.15. The van der Waals surface area contributed by atoms with Crippen molar-refractivity contribution in [2.45, 2.75) is 78.4 Å². The van der Waals surface area contributed by atoms with E-state index in [1.54, 1.807) is 0 Å². The van der Waals surface area contributed by atoms with Gasteiger partial charge in [0.25, 0.3) is 0 Å². The average molecular weight is 306 g/mol. The Labute approximate surface area is 136 Å². The number of aliphatic hydroxyl groups is 2. The summed E-state index contributed by atoms with van der Waals surface area (Å²) in [4.78, 5) is 0. The van der Waals surface area contributed by atoms with Gasteiger partial charge in [0.1, 0.15) is 0 Å². The maximum absolute atomic E-state index is 11.2. The van der Waals surface area contributed by atoms with Crippen molar-refractivity contribution in [1.29, 1.82) is 0 Å². The van der Waals surface area contributed by atoms with E-state index in [-0.39, 0.29) is 22.9 Å². The molecule has 3 rings (SSSR count). The van der Waals surface area contributed by atoms with E-state index < -0.39 is 11.5 Å². The number of aliphatic hydroxyl groups excluding tert-OH is 2. The molecule has 0 heterocycles. The number of hydrogen-bond acceptors (Lipinski definition) is 2. The lowest BCUT2D eigenvalue weighted by Crippen LogP contribution is -2.61. The van der Waals surface area contributed by atoms with Crippen LogP contribution in [-0.2, 0) is 0 Å². The summed E-state index contributed by atoms with van der Waals surface area (Å²) in [6, 6.07) is 0. The zero-order valence-corrected chi connectivity index (χ0v) is 14.8. The second-order valence-corrected chi connectivity index (χ2v) is 9.15. The molecule has 3 aliphatic carbocycles. The molecule has 0 spiro atoms. The van der Waals surface area contributed by atoms with Gasteiger partial charge in [-0.25, -0.2) is 0 Å². The molecule has 3 saturated carbocycles. The summed E-state index contributed by atoms with van der Waals surface area (Å²) in [6.07, 6.45) is 7.87. The molecule has 1 unspecified atom stereocenters. The molecule has 3 fully saturated rings. The molecule has 0 aromatic heterocycles. The van der Waals surface area contributed by atoms with E-state index in [1.165, 1.54) is 32.1 Å². The monoisotopic (exact) mass is 306 g/mol. The molecule has 8 atom stereocenters. The fourth-order valence-electron chi connectivity index (χ4n) is 6.65. The third-order valence-corrected chi connectivity index (χ3v) is 8.56. The largest absolute Gasteiger partial charge is 0.393 e. The van der Waals surface area contributed by atoms with E-state index in [9.17, 15) is 10.2 Å². The normalized spacial score (nSPS) is 58.5. The fraction of sp³-hybridized carbons (Fsp3) is 0.900. The predicted octanol–water partition coefficient (Wildman–Crippen LogP) is 4.16. The van der Waals surface area contributed by atoms with Gasteiger partial charge in [0.15, 0.2) is 0 Å². The first kappa shape index (κ1) is 16.5. The Balaban J connectivity index is 2.15. The maximum Gasteiger partial charge on any atom is 0.0659 e. The molecule has 0 aromatic carbocycles. The van der Waals surface area contributed by atoms with Crippen molar-refractivity contribution in [1.82, 2.24) is 0 Å². The van der Waals surface area contributed by atoms with Crippen LogP contribution in [0.15, 0.2) is 12.7 Å². The van der Waals surface area contributed by atoms with Crippen molar-refractivity contribution in [2.24, 2.45) is 34.0 Å². The van der Waals surface area contributed by atoms with Crippen LogP contribution in [0, 0.1) is 34.0 Å². The zero-order chi connectivity index (χ0) is 16.3. The third-order valence-electron chi connectivity index (χ3n) is 8.56. The molecule has 2 nitrogen and oxygen atoms in total. The van der Waals surface area contributed by atoms with Gasteiger partial charge < -0.3 is 10.2 Å². The maximum atomic E-state index is 11.2. The molecule has 2 N–H and O–H groups in total. The second-order valence-electron chi connectivity index (χ2n) is 9.15. The lowest BCUT2D eigenvalue weighted by molar-refractivity contribution is -0.189. The number of rotatable bonds is 1. The first-order valence-electron chi connectivity index (χ1n) is 9.22. The van der Waals surface area contributed by atoms with Crippen molar-refractivity contribution in [3.8, 4) is 0 Å². The first-order chi connectivity index (χ1) is 10.2. The standard InChI is InChI=1S/C20H34O2/c1-6-18(4)12-16(21)19(5)13(2)9-11-20(14(3)17(18)22)10-7-8-15(19)20/h6,13-17,21-22H,1,7-12H2,2-5H3/t13-,14+,15?,16-,17+,18-,19-,20-/m1/s1. The van der Waals surface area contributed by atoms with Crippen molar-refractivity contribution in [3.63, 3.8) is 0 Å². The smallest absolute Gasteiger partial charge is 0.0659 e. The Hall–Kier alpha value is -0.340. The van der Waals surface area contributed by atoms with E-state index in [0.717, 1.165) is 0 Å². The summed E-state index contributed by atoms with van der Waals surface area (Å²) in [7, 11) is 0. The predicted molar refractivity (Wildman–Crippen MR) is 90.4 cm³/mol. The van der Waals surface area contributed by atoms with E-state index in [2.05, 4.69) is 34.3 Å². The molecule has 0 amide bonds. The van der Waals surface area contributed by atoms with Gasteiger partial charge in [-0.2, -0.15) is 0 Å². The van der Waals surface area contributed by atoms with Gasteiger partial charge in [-0.3, -0.25) is 0 Å². The van der Waals surface area contributed by atoms with E-state index in [4.69, 9.17) is 0 Å². The van der Waals surface area contributed by atoms with Crippen molar-refractivity contribution in [3.05, 3.63) is 12.7 Å². The fourth-order valence-corrected chi connectivity index (χ4v) is 6.65. The second kappa shape index (κ2) is 5.08. The Morgan fingerprint density at radius 1 is 1.09 bits per heavy atom. The van der Waals surface area contributed by atoms with Gasteiger partial charge >= 0.3 is 0 Å². The summed E-state index contributed by atoms with van der Waals surface area (Å²) in [6.45, 7) is 13.0. The molecule has 0 saturated heterocycles. The van der Waals surface area contributed by atoms with Crippen molar-refractivity contribution in [2.75, 3.05) is 0 Å². The van der Waals surface area contributed by atoms with Gasteiger partial charge in [0.05, 0.1) is 12.2 Å². The number of hydrogen-bond donors (Lipinski definition) is 2. The molecule has 0 aromatic rings. The summed E-state index contributed by atoms with van der Waals surface area (Å²) < 4.78 is 0. The van der Waals surface area contributed by atoms with Crippen LogP contribution in [0.25, 0.3) is 0 Å². The Bertz CT molecular complexity index is 461. The Morgan fingerprint density at radius 3 is 2.41 bits per heavy atom. The van der Waals surface area contributed by atoms with Crippen LogP contribution in [-0.4, -0.2) is 22.4 Å². The zero-order valence-electron chi connectivity index (χ0n) is 14.8. The first-order valence-corrected chi connectivity index (χ1v) is 9.22. The highest BCUT2D eigenvalue weighted by atomic mass is 16.3. The summed E-state index contributed by atoms with van der Waals surface area (Å²) in [5, 5.41) is 22.4. The summed E-state index contributed by atoms with van der Waals surface area (Å²) in [5.41, 5.74) is -0.197. The molecule has 2 bridgehead atoms. The van der Waals surface area contributed by atoms with Gasteiger partial charge in [-0.15, -0.1) is 6.58 Å². The van der Waals surface area contributed by atoms with E-state index in [1.807, 2.05) is 6.08 Å². The summed E-state index contributed by atoms with van der Waals surface area (Å²) >= 11 is 0. The van der Waals surface area contributed by atoms with Gasteiger partial charge in [-0.1, -0.05) is 40.2 Å². The molecular weight excluding hydrogens is 272 g/mol. The minimum absolute atomic E-state index is 0.0204. The average Bonchev–Trinajstić information content (AvgIpc) is 2.94. The lowest BCUT2D eigenvalue weighted by Gasteiger charge is -2.62. The van der Waals surface area contributed by atoms with Crippen LogP contribution in [0.3, 0.4) is 0 Å². The molecule has 0 aliphatic heterocycles. The molecule has 126 valence electrons. The Morgan fingerprint density at radius 2 is 1.77 bits per heavy atom. The molecular formula is C20H34O2. The van der Waals surface area contributed by atoms with Crippen LogP contribution in [0.1, 0.15) is 66.2 Å². The quantitative estimate of drug-likeness (QED) is 0.714. The minimum Gasteiger partial charge on any atom is -0.393 e. The lowest BCUT2D eigenvalue weighted by atomic mass is 9.44. The third kappa shape index (κ3) is 1.86. The van der Waals surface area contributed by atoms with Gasteiger partial charge in [0, 0.05) is 5.41 Å². The van der Waals surface area contributed by atoms with Crippen molar-refractivity contribution >= 4 is 0 Å². The van der Waals surface area contributed by atoms with Crippen LogP contribution in [0.5, 0.6) is 0 Å². The van der Waals surface area contributed by atoms with Crippen LogP contribution in [0.2, 0.25) is 0 Å². The molecule has 0 radical (unpaired) electrons. The van der Waals surface area contributed by atoms with Crippen LogP contribution >= 0.6 is 0 Å². The van der Waals surface area contributed by atoms with Crippen LogP contribution < -0.4 is 0 Å². The molecule has 22 heavy (non-hydrogen) atoms. The highest BCUT2D eigenvalue weighted by Gasteiger charge is 2.64. The summed E-state index contributed by atoms with van der Waals surface area (Å²) in [5.74, 6) is 1.38. The van der Waals surface area contributed by atoms with E-state index >= 15 is 0 Å². The van der Waals surface area contributed by atoms with Gasteiger partial charge in [0.2, 0.25) is 0 Å². The van der Waals surface area contributed by atoms with Crippen molar-refractivity contribution < 1.29 is 10.2 Å². The molecule has 3 aliphatic rings. The topological polar surface area (TPSA) is 40.5 Å². The SMILES string of the molecule is C=C[C@]1(C)C[C@@H](O)[C@@]2(C)C3CCC[C@@]3(CC[C@H]2C)[C@@H](C)[C@@H]1O.